The fraction of sp³-hybridized carbons (Fsp3) is 0. The van der Waals surface area contributed by atoms with Gasteiger partial charge in [0.1, 0.15) is 12.0 Å². The molecule has 0 saturated heterocycles. The summed E-state index contributed by atoms with van der Waals surface area (Å²) >= 11 is 3.29. The fourth-order valence-electron chi connectivity index (χ4n) is 0.922. The summed E-state index contributed by atoms with van der Waals surface area (Å²) in [5.41, 5.74) is 0. The summed E-state index contributed by atoms with van der Waals surface area (Å²) in [6.45, 7) is 0. The first-order chi connectivity index (χ1) is 6.34. The van der Waals surface area contributed by atoms with Crippen LogP contribution in [0.15, 0.2) is 50.8 Å². The zero-order valence-electron chi connectivity index (χ0n) is 6.72. The molecular weight excluding hydrogens is 232 g/mol. The van der Waals surface area contributed by atoms with Crippen molar-refractivity contribution in [2.24, 2.45) is 5.10 Å². The molecule has 0 aromatic carbocycles. The summed E-state index contributed by atoms with van der Waals surface area (Å²) in [7, 11) is 0. The van der Waals surface area contributed by atoms with Crippen LogP contribution in [0, 0.1) is 0 Å². The predicted molar refractivity (Wildman–Crippen MR) is 53.8 cm³/mol. The van der Waals surface area contributed by atoms with Gasteiger partial charge >= 0.3 is 0 Å². The Morgan fingerprint density at radius 3 is 2.77 bits per heavy atom. The van der Waals surface area contributed by atoms with Crippen LogP contribution in [0.1, 0.15) is 5.76 Å². The van der Waals surface area contributed by atoms with Crippen LogP contribution >= 0.6 is 15.9 Å². The number of rotatable bonds is 2. The van der Waals surface area contributed by atoms with Crippen molar-refractivity contribution < 1.29 is 4.42 Å². The Morgan fingerprint density at radius 1 is 1.38 bits per heavy atom. The number of halogens is 1. The lowest BCUT2D eigenvalue weighted by molar-refractivity contribution is 0.558. The van der Waals surface area contributed by atoms with Gasteiger partial charge in [0.25, 0.3) is 0 Å². The van der Waals surface area contributed by atoms with Gasteiger partial charge < -0.3 is 4.42 Å². The lowest BCUT2D eigenvalue weighted by Crippen LogP contribution is -1.83. The predicted octanol–water partition coefficient (Wildman–Crippen LogP) is 2.73. The molecule has 13 heavy (non-hydrogen) atoms. The molecule has 0 amide bonds. The maximum absolute atomic E-state index is 5.15. The van der Waals surface area contributed by atoms with Crippen molar-refractivity contribution in [3.63, 3.8) is 0 Å². The summed E-state index contributed by atoms with van der Waals surface area (Å²) in [6, 6.07) is 5.68. The minimum Gasteiger partial charge on any atom is -0.462 e. The van der Waals surface area contributed by atoms with E-state index in [4.69, 9.17) is 4.42 Å². The van der Waals surface area contributed by atoms with Crippen molar-refractivity contribution in [1.29, 1.82) is 0 Å². The Balaban J connectivity index is 2.14. The minimum absolute atomic E-state index is 0.723. The third-order valence-electron chi connectivity index (χ3n) is 1.49. The maximum Gasteiger partial charge on any atom is 0.147 e. The second kappa shape index (κ2) is 3.62. The molecule has 0 aliphatic rings. The van der Waals surface area contributed by atoms with E-state index in [1.165, 1.54) is 0 Å². The molecule has 0 saturated carbocycles. The summed E-state index contributed by atoms with van der Waals surface area (Å²) in [4.78, 5) is 0. The molecule has 4 heteroatoms. The Morgan fingerprint density at radius 2 is 2.15 bits per heavy atom. The Labute approximate surface area is 83.8 Å². The maximum atomic E-state index is 5.15. The topological polar surface area (TPSA) is 30.4 Å². The highest BCUT2D eigenvalue weighted by atomic mass is 79.9. The summed E-state index contributed by atoms with van der Waals surface area (Å²) in [6.07, 6.45) is 6.99. The number of hydrogen-bond donors (Lipinski definition) is 0. The quantitative estimate of drug-likeness (QED) is 0.741. The number of hydrogen-bond acceptors (Lipinski definition) is 2. The third kappa shape index (κ3) is 2.09. The molecule has 0 radical (unpaired) electrons. The normalized spacial score (nSPS) is 11.2. The van der Waals surface area contributed by atoms with E-state index >= 15 is 0 Å². The molecule has 66 valence electrons. The Bertz CT molecular complexity index is 403. The van der Waals surface area contributed by atoms with Gasteiger partial charge in [0.05, 0.1) is 10.7 Å². The van der Waals surface area contributed by atoms with Crippen LogP contribution in [-0.2, 0) is 0 Å². The lowest BCUT2D eigenvalue weighted by atomic mass is 10.5. The van der Waals surface area contributed by atoms with Gasteiger partial charge in [0, 0.05) is 12.4 Å². The van der Waals surface area contributed by atoms with Crippen LogP contribution in [-0.4, -0.2) is 10.9 Å². The van der Waals surface area contributed by atoms with Crippen LogP contribution in [0.4, 0.5) is 0 Å². The van der Waals surface area contributed by atoms with E-state index < -0.39 is 0 Å². The largest absolute Gasteiger partial charge is 0.462 e. The van der Waals surface area contributed by atoms with Gasteiger partial charge in [-0.2, -0.15) is 5.10 Å². The molecule has 0 spiro atoms. The van der Waals surface area contributed by atoms with Crippen molar-refractivity contribution in [3.05, 3.63) is 47.1 Å². The molecular formula is C9H7BrN2O. The van der Waals surface area contributed by atoms with Gasteiger partial charge in [0.2, 0.25) is 0 Å². The number of furan rings is 1. The first-order valence-electron chi connectivity index (χ1n) is 3.76. The van der Waals surface area contributed by atoms with E-state index in [-0.39, 0.29) is 0 Å². The second-order valence-electron chi connectivity index (χ2n) is 2.47. The second-order valence-corrected chi connectivity index (χ2v) is 3.39. The van der Waals surface area contributed by atoms with E-state index in [9.17, 15) is 0 Å². The van der Waals surface area contributed by atoms with E-state index in [1.54, 1.807) is 17.2 Å². The molecule has 2 rings (SSSR count). The fourth-order valence-corrected chi connectivity index (χ4v) is 1.24. The highest BCUT2D eigenvalue weighted by Crippen LogP contribution is 2.12. The van der Waals surface area contributed by atoms with Crippen molar-refractivity contribution >= 4 is 22.1 Å². The monoisotopic (exact) mass is 238 g/mol. The SMILES string of the molecule is Brc1coc(/C=N/n2cccc2)c1. The summed E-state index contributed by atoms with van der Waals surface area (Å²) < 4.78 is 7.78. The van der Waals surface area contributed by atoms with E-state index in [0.29, 0.717) is 0 Å². The average Bonchev–Trinajstić information content (AvgIpc) is 2.71. The first kappa shape index (κ1) is 8.31. The smallest absolute Gasteiger partial charge is 0.147 e. The van der Waals surface area contributed by atoms with Gasteiger partial charge in [-0.1, -0.05) is 0 Å². The number of aromatic nitrogens is 1. The van der Waals surface area contributed by atoms with Crippen LogP contribution in [0.2, 0.25) is 0 Å². The first-order valence-corrected chi connectivity index (χ1v) is 4.55. The molecule has 0 bridgehead atoms. The average molecular weight is 239 g/mol. The van der Waals surface area contributed by atoms with Crippen molar-refractivity contribution in [3.8, 4) is 0 Å². The van der Waals surface area contributed by atoms with Crippen molar-refractivity contribution in [1.82, 2.24) is 4.68 Å². The molecule has 0 aliphatic carbocycles. The van der Waals surface area contributed by atoms with Crippen LogP contribution < -0.4 is 0 Å². The summed E-state index contributed by atoms with van der Waals surface area (Å²) in [5, 5.41) is 4.13. The van der Waals surface area contributed by atoms with Gasteiger partial charge in [0.15, 0.2) is 0 Å². The van der Waals surface area contributed by atoms with Gasteiger partial charge in [-0.15, -0.1) is 0 Å². The van der Waals surface area contributed by atoms with Gasteiger partial charge in [-0.25, -0.2) is 4.68 Å². The van der Waals surface area contributed by atoms with Crippen molar-refractivity contribution in [2.75, 3.05) is 0 Å². The molecule has 0 atom stereocenters. The molecule has 3 nitrogen and oxygen atoms in total. The zero-order chi connectivity index (χ0) is 9.10. The van der Waals surface area contributed by atoms with E-state index in [2.05, 4.69) is 21.0 Å². The highest BCUT2D eigenvalue weighted by Gasteiger charge is 1.94. The third-order valence-corrected chi connectivity index (χ3v) is 1.91. The van der Waals surface area contributed by atoms with E-state index in [0.717, 1.165) is 10.2 Å². The van der Waals surface area contributed by atoms with Crippen LogP contribution in [0.5, 0.6) is 0 Å². The minimum atomic E-state index is 0.723. The summed E-state index contributed by atoms with van der Waals surface area (Å²) in [5.74, 6) is 0.723. The van der Waals surface area contributed by atoms with Crippen LogP contribution in [0.3, 0.4) is 0 Å². The Kier molecular flexibility index (Phi) is 2.31. The van der Waals surface area contributed by atoms with Gasteiger partial charge in [-0.05, 0) is 34.1 Å². The molecule has 0 N–H and O–H groups in total. The van der Waals surface area contributed by atoms with Crippen molar-refractivity contribution in [2.45, 2.75) is 0 Å². The molecule has 2 heterocycles. The molecule has 0 fully saturated rings. The lowest BCUT2D eigenvalue weighted by Gasteiger charge is -1.88. The van der Waals surface area contributed by atoms with Gasteiger partial charge in [-0.3, -0.25) is 0 Å². The standard InChI is InChI=1S/C9H7BrN2O/c10-8-5-9(13-7-8)6-11-12-3-1-2-4-12/h1-7H/b11-6+. The molecule has 0 aliphatic heterocycles. The van der Waals surface area contributed by atoms with E-state index in [1.807, 2.05) is 30.6 Å². The zero-order valence-corrected chi connectivity index (χ0v) is 8.31. The Hall–Kier alpha value is -1.29. The molecule has 2 aromatic heterocycles. The molecule has 2 aromatic rings. The highest BCUT2D eigenvalue weighted by molar-refractivity contribution is 9.10. The van der Waals surface area contributed by atoms with Crippen LogP contribution in [0.25, 0.3) is 0 Å². The molecule has 0 unspecified atom stereocenters. The number of nitrogens with zero attached hydrogens (tertiary/aromatic N) is 2.